The fourth-order valence-electron chi connectivity index (χ4n) is 2.30. The summed E-state index contributed by atoms with van der Waals surface area (Å²) in [6.45, 7) is 2.99. The van der Waals surface area contributed by atoms with Crippen molar-refractivity contribution in [3.05, 3.63) is 28.2 Å². The van der Waals surface area contributed by atoms with E-state index in [-0.39, 0.29) is 0 Å². The molecule has 1 atom stereocenters. The molecule has 0 aromatic heterocycles. The molecule has 2 rings (SSSR count). The van der Waals surface area contributed by atoms with Crippen LogP contribution in [0.5, 0.6) is 0 Å². The van der Waals surface area contributed by atoms with Gasteiger partial charge in [0.25, 0.3) is 0 Å². The highest BCUT2D eigenvalue weighted by Crippen LogP contribution is 2.22. The van der Waals surface area contributed by atoms with E-state index >= 15 is 0 Å². The summed E-state index contributed by atoms with van der Waals surface area (Å²) in [7, 11) is 0. The molecule has 0 amide bonds. The van der Waals surface area contributed by atoms with E-state index in [1.54, 1.807) is 0 Å². The number of anilines is 1. The third-order valence-corrected chi connectivity index (χ3v) is 4.39. The number of halogens is 1. The van der Waals surface area contributed by atoms with Crippen molar-refractivity contribution < 1.29 is 9.84 Å². The Kier molecular flexibility index (Phi) is 5.67. The molecule has 1 fully saturated rings. The minimum atomic E-state index is -0.458. The minimum Gasteiger partial charge on any atom is -0.389 e. The van der Waals surface area contributed by atoms with Gasteiger partial charge in [0.2, 0.25) is 0 Å². The van der Waals surface area contributed by atoms with Crippen molar-refractivity contribution in [3.63, 3.8) is 0 Å². The second-order valence-corrected chi connectivity index (χ2v) is 6.09. The van der Waals surface area contributed by atoms with Crippen molar-refractivity contribution in [2.45, 2.75) is 44.8 Å². The lowest BCUT2D eigenvalue weighted by Crippen LogP contribution is -2.27. The first-order valence-electron chi connectivity index (χ1n) is 6.95. The Labute approximate surface area is 123 Å². The van der Waals surface area contributed by atoms with Gasteiger partial charge in [-0.05, 0) is 37.5 Å². The molecule has 3 nitrogen and oxygen atoms in total. The Morgan fingerprint density at radius 2 is 2.16 bits per heavy atom. The number of aliphatic hydroxyl groups excluding tert-OH is 1. The Morgan fingerprint density at radius 1 is 1.42 bits per heavy atom. The van der Waals surface area contributed by atoms with E-state index in [0.29, 0.717) is 19.3 Å². The molecular formula is C15H22BrNO2. The van der Waals surface area contributed by atoms with Gasteiger partial charge >= 0.3 is 0 Å². The molecule has 0 aliphatic heterocycles. The van der Waals surface area contributed by atoms with E-state index in [9.17, 15) is 5.11 Å². The molecule has 2 N–H and O–H groups in total. The van der Waals surface area contributed by atoms with E-state index < -0.39 is 6.10 Å². The van der Waals surface area contributed by atoms with Crippen LogP contribution in [0, 0.1) is 6.92 Å². The Morgan fingerprint density at radius 3 is 2.84 bits per heavy atom. The summed E-state index contributed by atoms with van der Waals surface area (Å²) in [4.78, 5) is 0. The maximum absolute atomic E-state index is 9.90. The monoisotopic (exact) mass is 327 g/mol. The van der Waals surface area contributed by atoms with E-state index in [2.05, 4.69) is 28.2 Å². The van der Waals surface area contributed by atoms with Crippen molar-refractivity contribution >= 4 is 21.6 Å². The highest BCUT2D eigenvalue weighted by atomic mass is 79.9. The Bertz CT molecular complexity index is 405. The molecule has 19 heavy (non-hydrogen) atoms. The number of nitrogens with one attached hydrogen (secondary N) is 1. The first-order chi connectivity index (χ1) is 9.15. The highest BCUT2D eigenvalue weighted by molar-refractivity contribution is 9.10. The number of ether oxygens (including phenoxy) is 1. The molecule has 0 bridgehead atoms. The number of rotatable bonds is 6. The van der Waals surface area contributed by atoms with Gasteiger partial charge in [0.05, 0.1) is 18.8 Å². The molecule has 1 aromatic rings. The summed E-state index contributed by atoms with van der Waals surface area (Å²) >= 11 is 3.50. The highest BCUT2D eigenvalue weighted by Gasteiger charge is 2.16. The smallest absolute Gasteiger partial charge is 0.0945 e. The SMILES string of the molecule is Cc1ccc(NCC(O)COC2CCCC2)cc1Br. The summed E-state index contributed by atoms with van der Waals surface area (Å²) in [6, 6.07) is 6.10. The molecule has 0 spiro atoms. The topological polar surface area (TPSA) is 41.5 Å². The Balaban J connectivity index is 1.70. The molecule has 0 saturated heterocycles. The summed E-state index contributed by atoms with van der Waals surface area (Å²) in [5, 5.41) is 13.1. The van der Waals surface area contributed by atoms with Crippen LogP contribution in [0.25, 0.3) is 0 Å². The summed E-state index contributed by atoms with van der Waals surface area (Å²) in [5.74, 6) is 0. The van der Waals surface area contributed by atoms with Gasteiger partial charge in [-0.15, -0.1) is 0 Å². The second-order valence-electron chi connectivity index (χ2n) is 5.24. The molecule has 4 heteroatoms. The third-order valence-electron chi connectivity index (χ3n) is 3.54. The zero-order valence-electron chi connectivity index (χ0n) is 11.4. The molecule has 0 heterocycles. The molecule has 1 unspecified atom stereocenters. The maximum Gasteiger partial charge on any atom is 0.0945 e. The van der Waals surface area contributed by atoms with E-state index in [1.165, 1.54) is 18.4 Å². The first kappa shape index (κ1) is 14.8. The van der Waals surface area contributed by atoms with Crippen LogP contribution in [0.2, 0.25) is 0 Å². The van der Waals surface area contributed by atoms with Crippen molar-refractivity contribution in [1.29, 1.82) is 0 Å². The molecule has 1 aliphatic carbocycles. The lowest BCUT2D eigenvalue weighted by Gasteiger charge is -2.16. The Hall–Kier alpha value is -0.580. The normalized spacial score (nSPS) is 17.6. The van der Waals surface area contributed by atoms with Gasteiger partial charge in [0, 0.05) is 16.7 Å². The van der Waals surface area contributed by atoms with Crippen molar-refractivity contribution in [1.82, 2.24) is 0 Å². The van der Waals surface area contributed by atoms with Gasteiger partial charge in [0.15, 0.2) is 0 Å². The third kappa shape index (κ3) is 4.79. The second kappa shape index (κ2) is 7.27. The number of hydrogen-bond donors (Lipinski definition) is 2. The molecule has 106 valence electrons. The van der Waals surface area contributed by atoms with Crippen LogP contribution in [0.15, 0.2) is 22.7 Å². The number of hydrogen-bond acceptors (Lipinski definition) is 3. The first-order valence-corrected chi connectivity index (χ1v) is 7.74. The molecule has 0 radical (unpaired) electrons. The lowest BCUT2D eigenvalue weighted by atomic mass is 10.2. The lowest BCUT2D eigenvalue weighted by molar-refractivity contribution is -0.00117. The van der Waals surface area contributed by atoms with E-state index in [4.69, 9.17) is 4.74 Å². The summed E-state index contributed by atoms with van der Waals surface area (Å²) in [5.41, 5.74) is 2.22. The van der Waals surface area contributed by atoms with Crippen LogP contribution in [0.1, 0.15) is 31.2 Å². The quantitative estimate of drug-likeness (QED) is 0.840. The van der Waals surface area contributed by atoms with E-state index in [0.717, 1.165) is 23.0 Å². The van der Waals surface area contributed by atoms with Crippen LogP contribution in [0.4, 0.5) is 5.69 Å². The average molecular weight is 328 g/mol. The van der Waals surface area contributed by atoms with Crippen LogP contribution < -0.4 is 5.32 Å². The zero-order valence-corrected chi connectivity index (χ0v) is 12.9. The predicted molar refractivity (Wildman–Crippen MR) is 81.6 cm³/mol. The van der Waals surface area contributed by atoms with Gasteiger partial charge < -0.3 is 15.2 Å². The van der Waals surface area contributed by atoms with Gasteiger partial charge in [-0.3, -0.25) is 0 Å². The summed E-state index contributed by atoms with van der Waals surface area (Å²) in [6.07, 6.45) is 4.71. The number of benzene rings is 1. The van der Waals surface area contributed by atoms with Crippen molar-refractivity contribution in [2.24, 2.45) is 0 Å². The van der Waals surface area contributed by atoms with E-state index in [1.807, 2.05) is 18.2 Å². The van der Waals surface area contributed by atoms with Crippen LogP contribution in [0.3, 0.4) is 0 Å². The molecule has 1 saturated carbocycles. The maximum atomic E-state index is 9.90. The number of aliphatic hydroxyl groups is 1. The molecular weight excluding hydrogens is 306 g/mol. The summed E-state index contributed by atoms with van der Waals surface area (Å²) < 4.78 is 6.77. The number of aryl methyl sites for hydroxylation is 1. The van der Waals surface area contributed by atoms with Crippen LogP contribution >= 0.6 is 15.9 Å². The van der Waals surface area contributed by atoms with Crippen molar-refractivity contribution in [2.75, 3.05) is 18.5 Å². The average Bonchev–Trinajstić information content (AvgIpc) is 2.91. The minimum absolute atomic E-state index is 0.364. The standard InChI is InChI=1S/C15H22BrNO2/c1-11-6-7-12(8-15(11)16)17-9-13(18)10-19-14-4-2-3-5-14/h6-8,13-14,17-18H,2-5,9-10H2,1H3. The van der Waals surface area contributed by atoms with Gasteiger partial charge in [-0.1, -0.05) is 34.8 Å². The van der Waals surface area contributed by atoms with Gasteiger partial charge in [0.1, 0.15) is 0 Å². The fraction of sp³-hybridized carbons (Fsp3) is 0.600. The molecule has 1 aliphatic rings. The van der Waals surface area contributed by atoms with Crippen molar-refractivity contribution in [3.8, 4) is 0 Å². The van der Waals surface area contributed by atoms with Crippen LogP contribution in [-0.4, -0.2) is 30.5 Å². The fourth-order valence-corrected chi connectivity index (χ4v) is 2.68. The largest absolute Gasteiger partial charge is 0.389 e. The van der Waals surface area contributed by atoms with Crippen LogP contribution in [-0.2, 0) is 4.74 Å². The predicted octanol–water partition coefficient (Wildman–Crippen LogP) is 3.49. The van der Waals surface area contributed by atoms with Gasteiger partial charge in [-0.2, -0.15) is 0 Å². The molecule has 1 aromatic carbocycles. The zero-order chi connectivity index (χ0) is 13.7. The van der Waals surface area contributed by atoms with Gasteiger partial charge in [-0.25, -0.2) is 0 Å².